The van der Waals surface area contributed by atoms with E-state index in [2.05, 4.69) is 23.5 Å². The number of carbonyl (C=O) groups excluding carboxylic acids is 1. The van der Waals surface area contributed by atoms with Crippen LogP contribution in [0.5, 0.6) is 0 Å². The van der Waals surface area contributed by atoms with Crippen molar-refractivity contribution < 1.29 is 9.53 Å². The highest BCUT2D eigenvalue weighted by Gasteiger charge is 2.09. The molecule has 3 nitrogen and oxygen atoms in total. The number of hydrogen-bond donors (Lipinski definition) is 1. The lowest BCUT2D eigenvalue weighted by Gasteiger charge is -2.08. The van der Waals surface area contributed by atoms with Crippen LogP contribution in [0.25, 0.3) is 0 Å². The van der Waals surface area contributed by atoms with Crippen molar-refractivity contribution in [1.82, 2.24) is 5.32 Å². The van der Waals surface area contributed by atoms with Crippen LogP contribution in [0.3, 0.4) is 0 Å². The molecule has 0 aromatic heterocycles. The van der Waals surface area contributed by atoms with Crippen molar-refractivity contribution in [3.05, 3.63) is 34.9 Å². The van der Waals surface area contributed by atoms with Crippen molar-refractivity contribution in [2.45, 2.75) is 32.6 Å². The molecule has 0 amide bonds. The summed E-state index contributed by atoms with van der Waals surface area (Å²) < 4.78 is 4.95. The number of carbonyl (C=O) groups is 1. The van der Waals surface area contributed by atoms with E-state index in [4.69, 9.17) is 4.74 Å². The van der Waals surface area contributed by atoms with E-state index >= 15 is 0 Å². The zero-order valence-electron chi connectivity index (χ0n) is 11.0. The summed E-state index contributed by atoms with van der Waals surface area (Å²) in [5, 5.41) is 3.41. The Morgan fingerprint density at radius 3 is 2.83 bits per heavy atom. The fourth-order valence-corrected chi connectivity index (χ4v) is 2.36. The molecule has 0 spiro atoms. The average Bonchev–Trinajstić information content (AvgIpc) is 2.61. The molecule has 1 heterocycles. The monoisotopic (exact) mass is 247 g/mol. The number of esters is 1. The molecule has 1 aromatic carbocycles. The maximum Gasteiger partial charge on any atom is 0.306 e. The number of rotatable bonds is 4. The molecular formula is C15H21NO2. The Bertz CT molecular complexity index is 415. The van der Waals surface area contributed by atoms with Crippen LogP contribution in [-0.4, -0.2) is 25.7 Å². The summed E-state index contributed by atoms with van der Waals surface area (Å²) in [6.45, 7) is 4.42. The Balaban J connectivity index is 1.97. The van der Waals surface area contributed by atoms with Gasteiger partial charge in [-0.3, -0.25) is 4.79 Å². The third kappa shape index (κ3) is 3.57. The molecule has 1 aliphatic rings. The van der Waals surface area contributed by atoms with Gasteiger partial charge in [0.1, 0.15) is 0 Å². The first kappa shape index (κ1) is 13.1. The lowest BCUT2D eigenvalue weighted by atomic mass is 9.98. The Labute approximate surface area is 109 Å². The van der Waals surface area contributed by atoms with Gasteiger partial charge < -0.3 is 10.1 Å². The molecule has 0 bridgehead atoms. The molecular weight excluding hydrogens is 226 g/mol. The van der Waals surface area contributed by atoms with Crippen LogP contribution >= 0.6 is 0 Å². The Kier molecular flexibility index (Phi) is 4.76. The number of benzene rings is 1. The minimum atomic E-state index is -0.103. The molecule has 1 N–H and O–H groups in total. The average molecular weight is 247 g/mol. The van der Waals surface area contributed by atoms with Gasteiger partial charge in [0.15, 0.2) is 0 Å². The molecule has 18 heavy (non-hydrogen) atoms. The first-order valence-electron chi connectivity index (χ1n) is 6.76. The van der Waals surface area contributed by atoms with E-state index in [1.165, 1.54) is 16.7 Å². The molecule has 1 aromatic rings. The Hall–Kier alpha value is -1.35. The van der Waals surface area contributed by atoms with Crippen LogP contribution < -0.4 is 5.32 Å². The first-order chi connectivity index (χ1) is 8.79. The van der Waals surface area contributed by atoms with Gasteiger partial charge in [0, 0.05) is 6.42 Å². The molecule has 0 aliphatic carbocycles. The molecule has 1 aliphatic heterocycles. The molecule has 0 fully saturated rings. The third-order valence-corrected chi connectivity index (χ3v) is 3.34. The largest absolute Gasteiger partial charge is 0.466 e. The second kappa shape index (κ2) is 6.55. The lowest BCUT2D eigenvalue weighted by molar-refractivity contribution is -0.143. The van der Waals surface area contributed by atoms with Gasteiger partial charge in [-0.15, -0.1) is 0 Å². The number of hydrogen-bond acceptors (Lipinski definition) is 3. The zero-order chi connectivity index (χ0) is 12.8. The van der Waals surface area contributed by atoms with Crippen LogP contribution in [-0.2, 0) is 28.8 Å². The summed E-state index contributed by atoms with van der Waals surface area (Å²) in [4.78, 5) is 11.3. The van der Waals surface area contributed by atoms with Crippen LogP contribution in [0.4, 0.5) is 0 Å². The quantitative estimate of drug-likeness (QED) is 0.825. The van der Waals surface area contributed by atoms with Gasteiger partial charge in [-0.05, 0) is 56.0 Å². The van der Waals surface area contributed by atoms with Gasteiger partial charge in [-0.1, -0.05) is 18.2 Å². The molecule has 0 unspecified atom stereocenters. The normalized spacial score (nSPS) is 14.7. The Morgan fingerprint density at radius 2 is 2.06 bits per heavy atom. The van der Waals surface area contributed by atoms with E-state index in [9.17, 15) is 4.79 Å². The summed E-state index contributed by atoms with van der Waals surface area (Å²) in [6, 6.07) is 6.60. The number of nitrogens with one attached hydrogen (secondary N) is 1. The first-order valence-corrected chi connectivity index (χ1v) is 6.76. The minimum absolute atomic E-state index is 0.103. The molecule has 0 saturated heterocycles. The fourth-order valence-electron chi connectivity index (χ4n) is 2.36. The summed E-state index contributed by atoms with van der Waals surface area (Å²) in [5.74, 6) is -0.103. The van der Waals surface area contributed by atoms with Gasteiger partial charge in [0.25, 0.3) is 0 Å². The van der Waals surface area contributed by atoms with Crippen LogP contribution in [0, 0.1) is 0 Å². The standard InChI is InChI=1S/C15H21NO2/c1-2-18-15(17)6-4-12-3-5-13-7-9-16-10-8-14(13)11-12/h3,5,11,16H,2,4,6-10H2,1H3. The van der Waals surface area contributed by atoms with E-state index in [1.807, 2.05) is 6.92 Å². The molecule has 2 rings (SSSR count). The highest BCUT2D eigenvalue weighted by molar-refractivity contribution is 5.69. The fraction of sp³-hybridized carbons (Fsp3) is 0.533. The van der Waals surface area contributed by atoms with E-state index in [-0.39, 0.29) is 5.97 Å². The molecule has 0 saturated carbocycles. The number of aryl methyl sites for hydroxylation is 1. The van der Waals surface area contributed by atoms with Crippen molar-refractivity contribution in [1.29, 1.82) is 0 Å². The Morgan fingerprint density at radius 1 is 1.28 bits per heavy atom. The smallest absolute Gasteiger partial charge is 0.306 e. The topological polar surface area (TPSA) is 38.3 Å². The van der Waals surface area contributed by atoms with Gasteiger partial charge in [-0.25, -0.2) is 0 Å². The van der Waals surface area contributed by atoms with Gasteiger partial charge >= 0.3 is 5.97 Å². The molecule has 3 heteroatoms. The van der Waals surface area contributed by atoms with Crippen molar-refractivity contribution in [3.63, 3.8) is 0 Å². The highest BCUT2D eigenvalue weighted by atomic mass is 16.5. The van der Waals surface area contributed by atoms with Crippen molar-refractivity contribution in [2.24, 2.45) is 0 Å². The van der Waals surface area contributed by atoms with Crippen LogP contribution in [0.1, 0.15) is 30.0 Å². The second-order valence-corrected chi connectivity index (χ2v) is 4.66. The van der Waals surface area contributed by atoms with Gasteiger partial charge in [-0.2, -0.15) is 0 Å². The predicted octanol–water partition coefficient (Wildman–Crippen LogP) is 1.87. The SMILES string of the molecule is CCOC(=O)CCc1ccc2c(c1)CCNCC2. The van der Waals surface area contributed by atoms with E-state index < -0.39 is 0 Å². The predicted molar refractivity (Wildman–Crippen MR) is 71.7 cm³/mol. The van der Waals surface area contributed by atoms with Gasteiger partial charge in [0.2, 0.25) is 0 Å². The molecule has 0 atom stereocenters. The molecule has 98 valence electrons. The lowest BCUT2D eigenvalue weighted by Crippen LogP contribution is -2.16. The minimum Gasteiger partial charge on any atom is -0.466 e. The van der Waals surface area contributed by atoms with Crippen molar-refractivity contribution >= 4 is 5.97 Å². The maximum atomic E-state index is 11.3. The van der Waals surface area contributed by atoms with E-state index in [1.54, 1.807) is 0 Å². The summed E-state index contributed by atoms with van der Waals surface area (Å²) >= 11 is 0. The van der Waals surface area contributed by atoms with E-state index in [0.29, 0.717) is 13.0 Å². The summed E-state index contributed by atoms with van der Waals surface area (Å²) in [7, 11) is 0. The summed E-state index contributed by atoms with van der Waals surface area (Å²) in [5.41, 5.74) is 4.12. The second-order valence-electron chi connectivity index (χ2n) is 4.66. The maximum absolute atomic E-state index is 11.3. The van der Waals surface area contributed by atoms with Crippen LogP contribution in [0.2, 0.25) is 0 Å². The van der Waals surface area contributed by atoms with E-state index in [0.717, 1.165) is 32.4 Å². The van der Waals surface area contributed by atoms with Crippen molar-refractivity contribution in [2.75, 3.05) is 19.7 Å². The third-order valence-electron chi connectivity index (χ3n) is 3.34. The zero-order valence-corrected chi connectivity index (χ0v) is 11.0. The summed E-state index contributed by atoms with van der Waals surface area (Å²) in [6.07, 6.45) is 3.44. The number of ether oxygens (including phenoxy) is 1. The number of fused-ring (bicyclic) bond motifs is 1. The molecule has 0 radical (unpaired) electrons. The highest BCUT2D eigenvalue weighted by Crippen LogP contribution is 2.16. The van der Waals surface area contributed by atoms with Crippen molar-refractivity contribution in [3.8, 4) is 0 Å². The van der Waals surface area contributed by atoms with Gasteiger partial charge in [0.05, 0.1) is 6.61 Å². The van der Waals surface area contributed by atoms with Crippen LogP contribution in [0.15, 0.2) is 18.2 Å².